The smallest absolute Gasteiger partial charge is 0.274 e. The van der Waals surface area contributed by atoms with Crippen LogP contribution in [0.2, 0.25) is 0 Å². The third-order valence-corrected chi connectivity index (χ3v) is 2.87. The zero-order valence-corrected chi connectivity index (χ0v) is 11.3. The molecule has 0 spiro atoms. The van der Waals surface area contributed by atoms with Crippen LogP contribution in [-0.2, 0) is 0 Å². The van der Waals surface area contributed by atoms with E-state index in [9.17, 15) is 4.79 Å². The Morgan fingerprint density at radius 3 is 2.58 bits per heavy atom. The van der Waals surface area contributed by atoms with Crippen LogP contribution in [0.1, 0.15) is 41.5 Å². The lowest BCUT2D eigenvalue weighted by molar-refractivity contribution is 0.102. The minimum Gasteiger partial charge on any atom is -0.319 e. The highest BCUT2D eigenvalue weighted by Crippen LogP contribution is 2.25. The molecule has 0 fully saturated rings. The Morgan fingerprint density at radius 2 is 1.95 bits per heavy atom. The molecule has 0 aliphatic rings. The Bertz CT molecular complexity index is 579. The van der Waals surface area contributed by atoms with Gasteiger partial charge in [0, 0.05) is 12.4 Å². The molecule has 0 atom stereocenters. The van der Waals surface area contributed by atoms with E-state index in [0.717, 1.165) is 16.9 Å². The van der Waals surface area contributed by atoms with E-state index in [4.69, 9.17) is 0 Å². The van der Waals surface area contributed by atoms with Crippen LogP contribution < -0.4 is 5.32 Å². The van der Waals surface area contributed by atoms with E-state index in [1.54, 1.807) is 30.6 Å². The van der Waals surface area contributed by atoms with Gasteiger partial charge < -0.3 is 5.32 Å². The van der Waals surface area contributed by atoms with Gasteiger partial charge in [0.05, 0.1) is 11.4 Å². The number of aryl methyl sites for hydroxylation is 1. The SMILES string of the molecule is Cc1ccnc(C(C)C)c1NC(=O)c1ccccn1. The highest BCUT2D eigenvalue weighted by molar-refractivity contribution is 6.03. The van der Waals surface area contributed by atoms with Crippen molar-refractivity contribution in [2.24, 2.45) is 0 Å². The molecule has 98 valence electrons. The van der Waals surface area contributed by atoms with Gasteiger partial charge in [-0.2, -0.15) is 0 Å². The summed E-state index contributed by atoms with van der Waals surface area (Å²) >= 11 is 0. The number of nitrogens with zero attached hydrogens (tertiary/aromatic N) is 2. The molecule has 0 aromatic carbocycles. The number of carbonyl (C=O) groups is 1. The summed E-state index contributed by atoms with van der Waals surface area (Å²) in [4.78, 5) is 20.5. The quantitative estimate of drug-likeness (QED) is 0.916. The third kappa shape index (κ3) is 2.96. The van der Waals surface area contributed by atoms with Gasteiger partial charge in [-0.05, 0) is 36.6 Å². The van der Waals surface area contributed by atoms with Gasteiger partial charge in [-0.15, -0.1) is 0 Å². The highest BCUT2D eigenvalue weighted by atomic mass is 16.1. The van der Waals surface area contributed by atoms with Crippen LogP contribution in [0.5, 0.6) is 0 Å². The summed E-state index contributed by atoms with van der Waals surface area (Å²) in [6.45, 7) is 6.07. The molecule has 0 aliphatic carbocycles. The van der Waals surface area contributed by atoms with Crippen LogP contribution in [0.4, 0.5) is 5.69 Å². The highest BCUT2D eigenvalue weighted by Gasteiger charge is 2.14. The van der Waals surface area contributed by atoms with Crippen molar-refractivity contribution in [2.45, 2.75) is 26.7 Å². The van der Waals surface area contributed by atoms with Gasteiger partial charge in [0.1, 0.15) is 5.69 Å². The topological polar surface area (TPSA) is 54.9 Å². The molecule has 2 rings (SSSR count). The zero-order valence-electron chi connectivity index (χ0n) is 11.3. The standard InChI is InChI=1S/C15H17N3O/c1-10(2)13-14(11(3)7-9-17-13)18-15(19)12-6-4-5-8-16-12/h4-10H,1-3H3,(H,18,19). The molecule has 0 radical (unpaired) electrons. The van der Waals surface area contributed by atoms with Gasteiger partial charge in [-0.3, -0.25) is 14.8 Å². The predicted octanol–water partition coefficient (Wildman–Crippen LogP) is 3.16. The molecular formula is C15H17N3O. The number of anilines is 1. The van der Waals surface area contributed by atoms with Crippen LogP contribution in [-0.4, -0.2) is 15.9 Å². The summed E-state index contributed by atoms with van der Waals surface area (Å²) in [5.41, 5.74) is 3.08. The van der Waals surface area contributed by atoms with E-state index in [2.05, 4.69) is 29.1 Å². The van der Waals surface area contributed by atoms with Crippen LogP contribution >= 0.6 is 0 Å². The number of amides is 1. The van der Waals surface area contributed by atoms with Crippen LogP contribution in [0, 0.1) is 6.92 Å². The molecular weight excluding hydrogens is 238 g/mol. The lowest BCUT2D eigenvalue weighted by Gasteiger charge is -2.14. The first-order chi connectivity index (χ1) is 9.09. The summed E-state index contributed by atoms with van der Waals surface area (Å²) in [6.07, 6.45) is 3.37. The maximum atomic E-state index is 12.1. The fourth-order valence-corrected chi connectivity index (χ4v) is 1.85. The number of carbonyl (C=O) groups excluding carboxylic acids is 1. The fraction of sp³-hybridized carbons (Fsp3) is 0.267. The molecule has 4 heteroatoms. The van der Waals surface area contributed by atoms with E-state index in [1.165, 1.54) is 0 Å². The summed E-state index contributed by atoms with van der Waals surface area (Å²) in [6, 6.07) is 7.16. The number of rotatable bonds is 3. The Hall–Kier alpha value is -2.23. The van der Waals surface area contributed by atoms with Crippen molar-refractivity contribution >= 4 is 11.6 Å². The summed E-state index contributed by atoms with van der Waals surface area (Å²) in [5.74, 6) is 0.0394. The van der Waals surface area contributed by atoms with E-state index in [-0.39, 0.29) is 11.8 Å². The maximum absolute atomic E-state index is 12.1. The molecule has 19 heavy (non-hydrogen) atoms. The maximum Gasteiger partial charge on any atom is 0.274 e. The monoisotopic (exact) mass is 255 g/mol. The molecule has 1 amide bonds. The molecule has 2 heterocycles. The Labute approximate surface area is 112 Å². The first-order valence-corrected chi connectivity index (χ1v) is 6.27. The van der Waals surface area contributed by atoms with E-state index < -0.39 is 0 Å². The molecule has 0 saturated carbocycles. The number of hydrogen-bond acceptors (Lipinski definition) is 3. The first-order valence-electron chi connectivity index (χ1n) is 6.27. The summed E-state index contributed by atoms with van der Waals surface area (Å²) < 4.78 is 0. The summed E-state index contributed by atoms with van der Waals surface area (Å²) in [5, 5.41) is 2.91. The Morgan fingerprint density at radius 1 is 1.16 bits per heavy atom. The molecule has 0 unspecified atom stereocenters. The molecule has 2 aromatic rings. The molecule has 4 nitrogen and oxygen atoms in total. The molecule has 0 bridgehead atoms. The number of pyridine rings is 2. The van der Waals surface area contributed by atoms with Crippen molar-refractivity contribution in [3.8, 4) is 0 Å². The van der Waals surface area contributed by atoms with E-state index in [1.807, 2.05) is 13.0 Å². The lowest BCUT2D eigenvalue weighted by Crippen LogP contribution is -2.16. The normalized spacial score (nSPS) is 10.5. The van der Waals surface area contributed by atoms with Gasteiger partial charge in [0.25, 0.3) is 5.91 Å². The number of nitrogens with one attached hydrogen (secondary N) is 1. The minimum atomic E-state index is -0.210. The predicted molar refractivity (Wildman–Crippen MR) is 75.3 cm³/mol. The summed E-state index contributed by atoms with van der Waals surface area (Å²) in [7, 11) is 0. The Kier molecular flexibility index (Phi) is 3.90. The van der Waals surface area contributed by atoms with Crippen molar-refractivity contribution < 1.29 is 4.79 Å². The molecule has 0 aliphatic heterocycles. The van der Waals surface area contributed by atoms with Gasteiger partial charge in [-0.25, -0.2) is 0 Å². The lowest BCUT2D eigenvalue weighted by atomic mass is 10.0. The molecule has 2 aromatic heterocycles. The second-order valence-electron chi connectivity index (χ2n) is 4.71. The molecule has 0 saturated heterocycles. The van der Waals surface area contributed by atoms with Crippen LogP contribution in [0.15, 0.2) is 36.7 Å². The van der Waals surface area contributed by atoms with E-state index >= 15 is 0 Å². The molecule has 1 N–H and O–H groups in total. The van der Waals surface area contributed by atoms with Crippen molar-refractivity contribution in [1.29, 1.82) is 0 Å². The largest absolute Gasteiger partial charge is 0.319 e. The Balaban J connectivity index is 2.31. The average Bonchev–Trinajstić information content (AvgIpc) is 2.41. The number of hydrogen-bond donors (Lipinski definition) is 1. The van der Waals surface area contributed by atoms with E-state index in [0.29, 0.717) is 5.69 Å². The van der Waals surface area contributed by atoms with Gasteiger partial charge in [0.2, 0.25) is 0 Å². The van der Waals surface area contributed by atoms with Gasteiger partial charge >= 0.3 is 0 Å². The average molecular weight is 255 g/mol. The van der Waals surface area contributed by atoms with Crippen molar-refractivity contribution in [1.82, 2.24) is 9.97 Å². The third-order valence-electron chi connectivity index (χ3n) is 2.87. The number of aromatic nitrogens is 2. The van der Waals surface area contributed by atoms with Crippen LogP contribution in [0.3, 0.4) is 0 Å². The zero-order chi connectivity index (χ0) is 13.8. The van der Waals surface area contributed by atoms with Gasteiger partial charge in [-0.1, -0.05) is 19.9 Å². The van der Waals surface area contributed by atoms with Crippen molar-refractivity contribution in [2.75, 3.05) is 5.32 Å². The second-order valence-corrected chi connectivity index (χ2v) is 4.71. The van der Waals surface area contributed by atoms with Crippen molar-refractivity contribution in [3.05, 3.63) is 53.6 Å². The minimum absolute atomic E-state index is 0.210. The van der Waals surface area contributed by atoms with Gasteiger partial charge in [0.15, 0.2) is 0 Å². The second kappa shape index (κ2) is 5.61. The first kappa shape index (κ1) is 13.2. The van der Waals surface area contributed by atoms with Crippen LogP contribution in [0.25, 0.3) is 0 Å². The van der Waals surface area contributed by atoms with Crippen molar-refractivity contribution in [3.63, 3.8) is 0 Å². The fourth-order valence-electron chi connectivity index (χ4n) is 1.85.